The van der Waals surface area contributed by atoms with Crippen LogP contribution in [0.15, 0.2) is 60.7 Å². The fourth-order valence-electron chi connectivity index (χ4n) is 4.93. The fraction of sp³-hybridized carbons (Fsp3) is 0.321. The van der Waals surface area contributed by atoms with Crippen molar-refractivity contribution in [3.63, 3.8) is 0 Å². The molecular weight excluding hydrogens is 431 g/mol. The zero-order chi connectivity index (χ0) is 24.2. The van der Waals surface area contributed by atoms with Crippen LogP contribution < -0.4 is 15.2 Å². The van der Waals surface area contributed by atoms with Gasteiger partial charge in [0.2, 0.25) is 5.91 Å². The number of primary amides is 1. The Labute approximate surface area is 200 Å². The van der Waals surface area contributed by atoms with E-state index in [0.717, 1.165) is 28.7 Å². The molecule has 0 radical (unpaired) electrons. The number of methoxy groups -OCH3 is 2. The van der Waals surface area contributed by atoms with Gasteiger partial charge >= 0.3 is 0 Å². The van der Waals surface area contributed by atoms with Crippen LogP contribution in [0.25, 0.3) is 0 Å². The maximum absolute atomic E-state index is 14.2. The number of aryl methyl sites for hydroxylation is 2. The normalized spacial score (nSPS) is 16.5. The Hall–Kier alpha value is -3.38. The standard InChI is InChI=1S/C28H31FN2O3/c1-18-9-10-19(15-23(18)29)11-12-24-22-17-26(34-3)25(33-2)16-21(22)13-14-31(24)27(28(30)32)20-7-5-4-6-8-20/h4-10,15-17,24,27H,11-14H2,1-3H3,(H2,30,32). The van der Waals surface area contributed by atoms with Gasteiger partial charge < -0.3 is 15.2 Å². The smallest absolute Gasteiger partial charge is 0.239 e. The van der Waals surface area contributed by atoms with Crippen LogP contribution in [0.4, 0.5) is 4.39 Å². The van der Waals surface area contributed by atoms with Gasteiger partial charge in [0.05, 0.1) is 14.2 Å². The predicted molar refractivity (Wildman–Crippen MR) is 131 cm³/mol. The third-order valence-corrected chi connectivity index (χ3v) is 6.70. The van der Waals surface area contributed by atoms with Crippen LogP contribution in [0, 0.1) is 12.7 Å². The Bertz CT molecular complexity index is 1170. The molecule has 0 spiro atoms. The molecule has 2 atom stereocenters. The number of halogens is 1. The summed E-state index contributed by atoms with van der Waals surface area (Å²) in [4.78, 5) is 14.9. The van der Waals surface area contributed by atoms with E-state index in [2.05, 4.69) is 4.90 Å². The highest BCUT2D eigenvalue weighted by Crippen LogP contribution is 2.43. The third kappa shape index (κ3) is 4.77. The maximum Gasteiger partial charge on any atom is 0.239 e. The number of carbonyl (C=O) groups excluding carboxylic acids is 1. The Kier molecular flexibility index (Phi) is 7.17. The predicted octanol–water partition coefficient (Wildman–Crippen LogP) is 4.91. The van der Waals surface area contributed by atoms with Crippen LogP contribution in [-0.2, 0) is 17.6 Å². The molecule has 5 nitrogen and oxygen atoms in total. The van der Waals surface area contributed by atoms with Crippen molar-refractivity contribution < 1.29 is 18.7 Å². The van der Waals surface area contributed by atoms with Crippen molar-refractivity contribution in [2.75, 3.05) is 20.8 Å². The lowest BCUT2D eigenvalue weighted by Gasteiger charge is -2.41. The molecule has 0 saturated carbocycles. The Balaban J connectivity index is 1.75. The molecule has 1 aliphatic heterocycles. The van der Waals surface area contributed by atoms with E-state index in [-0.39, 0.29) is 17.8 Å². The molecule has 1 aliphatic rings. The van der Waals surface area contributed by atoms with Gasteiger partial charge in [-0.05, 0) is 72.2 Å². The first-order valence-electron chi connectivity index (χ1n) is 11.5. The molecule has 2 N–H and O–H groups in total. The van der Waals surface area contributed by atoms with Gasteiger partial charge in [0.15, 0.2) is 11.5 Å². The molecule has 0 aromatic heterocycles. The molecule has 0 saturated heterocycles. The summed E-state index contributed by atoms with van der Waals surface area (Å²) in [6, 6.07) is 18.3. The van der Waals surface area contributed by atoms with Crippen LogP contribution in [0.5, 0.6) is 11.5 Å². The van der Waals surface area contributed by atoms with E-state index in [4.69, 9.17) is 15.2 Å². The van der Waals surface area contributed by atoms with Crippen molar-refractivity contribution in [3.8, 4) is 11.5 Å². The van der Waals surface area contributed by atoms with Crippen molar-refractivity contribution >= 4 is 5.91 Å². The first-order valence-corrected chi connectivity index (χ1v) is 11.5. The number of nitrogens with zero attached hydrogens (tertiary/aromatic N) is 1. The summed E-state index contributed by atoms with van der Waals surface area (Å²) in [5, 5.41) is 0. The van der Waals surface area contributed by atoms with E-state index >= 15 is 0 Å². The van der Waals surface area contributed by atoms with Crippen molar-refractivity contribution in [3.05, 3.63) is 94.3 Å². The molecule has 0 aliphatic carbocycles. The largest absolute Gasteiger partial charge is 0.493 e. The minimum Gasteiger partial charge on any atom is -0.493 e. The lowest BCUT2D eigenvalue weighted by atomic mass is 9.86. The lowest BCUT2D eigenvalue weighted by Crippen LogP contribution is -2.44. The average Bonchev–Trinajstić information content (AvgIpc) is 2.84. The molecule has 2 unspecified atom stereocenters. The van der Waals surface area contributed by atoms with Gasteiger partial charge in [0.25, 0.3) is 0 Å². The number of ether oxygens (including phenoxy) is 2. The molecule has 34 heavy (non-hydrogen) atoms. The first kappa shape index (κ1) is 23.8. The van der Waals surface area contributed by atoms with Crippen LogP contribution in [0.2, 0.25) is 0 Å². The Morgan fingerprint density at radius 2 is 1.79 bits per heavy atom. The minimum atomic E-state index is -0.567. The Morgan fingerprint density at radius 1 is 1.09 bits per heavy atom. The minimum absolute atomic E-state index is 0.106. The number of fused-ring (bicyclic) bond motifs is 1. The Morgan fingerprint density at radius 3 is 2.44 bits per heavy atom. The van der Waals surface area contributed by atoms with Gasteiger partial charge in [-0.2, -0.15) is 0 Å². The molecule has 3 aromatic carbocycles. The second-order valence-corrected chi connectivity index (χ2v) is 8.75. The summed E-state index contributed by atoms with van der Waals surface area (Å²) in [7, 11) is 3.24. The summed E-state index contributed by atoms with van der Waals surface area (Å²) < 4.78 is 25.3. The van der Waals surface area contributed by atoms with Crippen LogP contribution in [0.3, 0.4) is 0 Å². The van der Waals surface area contributed by atoms with Crippen LogP contribution in [0.1, 0.15) is 46.3 Å². The topological polar surface area (TPSA) is 64.8 Å². The average molecular weight is 463 g/mol. The fourth-order valence-corrected chi connectivity index (χ4v) is 4.93. The summed E-state index contributed by atoms with van der Waals surface area (Å²) in [5.41, 5.74) is 10.6. The van der Waals surface area contributed by atoms with E-state index in [0.29, 0.717) is 36.4 Å². The van der Waals surface area contributed by atoms with Crippen molar-refractivity contribution in [2.24, 2.45) is 5.73 Å². The molecule has 0 bridgehead atoms. The van der Waals surface area contributed by atoms with E-state index in [1.54, 1.807) is 33.3 Å². The molecule has 1 heterocycles. The number of carbonyl (C=O) groups is 1. The van der Waals surface area contributed by atoms with E-state index in [9.17, 15) is 9.18 Å². The van der Waals surface area contributed by atoms with Crippen molar-refractivity contribution in [2.45, 2.75) is 38.3 Å². The molecule has 178 valence electrons. The van der Waals surface area contributed by atoms with Gasteiger partial charge in [-0.1, -0.05) is 42.5 Å². The van der Waals surface area contributed by atoms with Crippen molar-refractivity contribution in [1.82, 2.24) is 4.90 Å². The highest BCUT2D eigenvalue weighted by Gasteiger charge is 2.36. The molecule has 1 amide bonds. The number of hydrogen-bond acceptors (Lipinski definition) is 4. The molecule has 3 aromatic rings. The molecule has 6 heteroatoms. The van der Waals surface area contributed by atoms with Gasteiger partial charge in [-0.3, -0.25) is 9.69 Å². The summed E-state index contributed by atoms with van der Waals surface area (Å²) >= 11 is 0. The monoisotopic (exact) mass is 462 g/mol. The summed E-state index contributed by atoms with van der Waals surface area (Å²) in [6.07, 6.45) is 2.11. The zero-order valence-corrected chi connectivity index (χ0v) is 19.9. The van der Waals surface area contributed by atoms with Crippen LogP contribution >= 0.6 is 0 Å². The van der Waals surface area contributed by atoms with Gasteiger partial charge in [-0.25, -0.2) is 4.39 Å². The number of benzene rings is 3. The number of hydrogen-bond donors (Lipinski definition) is 1. The van der Waals surface area contributed by atoms with Gasteiger partial charge in [0, 0.05) is 12.6 Å². The van der Waals surface area contributed by atoms with Gasteiger partial charge in [0.1, 0.15) is 11.9 Å². The molecular formula is C28H31FN2O3. The SMILES string of the molecule is COc1cc2c(cc1OC)C(CCc1ccc(C)c(F)c1)N(C(C(N)=O)c1ccccc1)CC2. The maximum atomic E-state index is 14.2. The molecule has 4 rings (SSSR count). The second kappa shape index (κ2) is 10.3. The first-order chi connectivity index (χ1) is 16.4. The number of amides is 1. The summed E-state index contributed by atoms with van der Waals surface area (Å²) in [6.45, 7) is 2.42. The zero-order valence-electron chi connectivity index (χ0n) is 19.9. The highest BCUT2D eigenvalue weighted by atomic mass is 19.1. The molecule has 0 fully saturated rings. The van der Waals surface area contributed by atoms with Crippen molar-refractivity contribution in [1.29, 1.82) is 0 Å². The number of nitrogens with two attached hydrogens (primary N) is 1. The number of rotatable bonds is 8. The van der Waals surface area contributed by atoms with E-state index in [1.165, 1.54) is 0 Å². The quantitative estimate of drug-likeness (QED) is 0.517. The highest BCUT2D eigenvalue weighted by molar-refractivity contribution is 5.81. The van der Waals surface area contributed by atoms with E-state index in [1.807, 2.05) is 48.5 Å². The summed E-state index contributed by atoms with van der Waals surface area (Å²) in [5.74, 6) is 0.735. The van der Waals surface area contributed by atoms with Gasteiger partial charge in [-0.15, -0.1) is 0 Å². The van der Waals surface area contributed by atoms with E-state index < -0.39 is 6.04 Å². The second-order valence-electron chi connectivity index (χ2n) is 8.75. The van der Waals surface area contributed by atoms with Crippen LogP contribution in [-0.4, -0.2) is 31.6 Å². The third-order valence-electron chi connectivity index (χ3n) is 6.70. The lowest BCUT2D eigenvalue weighted by molar-refractivity contribution is -0.124.